The van der Waals surface area contributed by atoms with Crippen LogP contribution in [-0.4, -0.2) is 59.1 Å². The molecule has 0 unspecified atom stereocenters. The van der Waals surface area contributed by atoms with Gasteiger partial charge in [-0.05, 0) is 7.05 Å². The Balaban J connectivity index is 1.78. The van der Waals surface area contributed by atoms with Crippen molar-refractivity contribution in [3.8, 4) is 0 Å². The van der Waals surface area contributed by atoms with Gasteiger partial charge in [0.2, 0.25) is 0 Å². The molecule has 1 aromatic heterocycles. The van der Waals surface area contributed by atoms with Crippen molar-refractivity contribution in [2.45, 2.75) is 0 Å². The van der Waals surface area contributed by atoms with E-state index in [0.717, 1.165) is 26.2 Å². The Morgan fingerprint density at radius 1 is 1.29 bits per heavy atom. The summed E-state index contributed by atoms with van der Waals surface area (Å²) in [5.74, 6) is 0.444. The van der Waals surface area contributed by atoms with Crippen LogP contribution in [0.15, 0.2) is 18.6 Å². The number of aromatic nitrogens is 2. The highest BCUT2D eigenvalue weighted by Crippen LogP contribution is 1.98. The second kappa shape index (κ2) is 5.55. The van der Waals surface area contributed by atoms with Crippen molar-refractivity contribution < 1.29 is 4.79 Å². The molecule has 2 rings (SSSR count). The molecular formula is C10H16N6O. The maximum absolute atomic E-state index is 11.6. The zero-order valence-electron chi connectivity index (χ0n) is 9.76. The fourth-order valence-corrected chi connectivity index (χ4v) is 1.57. The van der Waals surface area contributed by atoms with Gasteiger partial charge in [0.15, 0.2) is 5.82 Å². The number of hydrazine groups is 1. The highest BCUT2D eigenvalue weighted by atomic mass is 16.2. The van der Waals surface area contributed by atoms with Gasteiger partial charge >= 0.3 is 6.03 Å². The molecule has 2 heterocycles. The molecule has 17 heavy (non-hydrogen) atoms. The van der Waals surface area contributed by atoms with Gasteiger partial charge in [0.1, 0.15) is 0 Å². The van der Waals surface area contributed by atoms with Crippen LogP contribution in [0.2, 0.25) is 0 Å². The third-order valence-corrected chi connectivity index (χ3v) is 2.57. The molecule has 1 fully saturated rings. The van der Waals surface area contributed by atoms with Crippen molar-refractivity contribution in [2.75, 3.05) is 38.5 Å². The van der Waals surface area contributed by atoms with E-state index in [1.165, 1.54) is 12.4 Å². The molecule has 2 N–H and O–H groups in total. The first-order valence-electron chi connectivity index (χ1n) is 5.51. The monoisotopic (exact) mass is 236 g/mol. The van der Waals surface area contributed by atoms with Crippen LogP contribution in [0, 0.1) is 0 Å². The maximum Gasteiger partial charge on any atom is 0.334 e. The highest BCUT2D eigenvalue weighted by molar-refractivity contribution is 5.87. The smallest absolute Gasteiger partial charge is 0.304 e. The molecule has 1 aromatic rings. The number of amides is 2. The predicted molar refractivity (Wildman–Crippen MR) is 63.3 cm³/mol. The average Bonchev–Trinajstić information content (AvgIpc) is 2.33. The molecule has 1 saturated heterocycles. The number of likely N-dealkylation sites (N-methyl/N-ethyl adjacent to an activating group) is 1. The van der Waals surface area contributed by atoms with E-state index in [1.807, 2.05) is 5.01 Å². The summed E-state index contributed by atoms with van der Waals surface area (Å²) in [5.41, 5.74) is 2.78. The van der Waals surface area contributed by atoms with E-state index in [4.69, 9.17) is 0 Å². The van der Waals surface area contributed by atoms with Crippen LogP contribution >= 0.6 is 0 Å². The summed E-state index contributed by atoms with van der Waals surface area (Å²) in [6.07, 6.45) is 4.60. The Bertz CT molecular complexity index is 362. The first-order chi connectivity index (χ1) is 8.24. The number of rotatable bonds is 2. The van der Waals surface area contributed by atoms with Gasteiger partial charge in [-0.15, -0.1) is 0 Å². The Morgan fingerprint density at radius 3 is 2.71 bits per heavy atom. The number of urea groups is 1. The van der Waals surface area contributed by atoms with Gasteiger partial charge in [-0.3, -0.25) is 15.7 Å². The second-order valence-corrected chi connectivity index (χ2v) is 3.95. The van der Waals surface area contributed by atoms with E-state index < -0.39 is 0 Å². The zero-order valence-corrected chi connectivity index (χ0v) is 9.76. The Hall–Kier alpha value is -1.73. The third-order valence-electron chi connectivity index (χ3n) is 2.57. The summed E-state index contributed by atoms with van der Waals surface area (Å²) in [6, 6.07) is -0.282. The lowest BCUT2D eigenvalue weighted by molar-refractivity contribution is 0.116. The summed E-state index contributed by atoms with van der Waals surface area (Å²) < 4.78 is 0. The molecule has 0 aliphatic carbocycles. The number of anilines is 1. The average molecular weight is 236 g/mol. The van der Waals surface area contributed by atoms with Gasteiger partial charge in [-0.25, -0.2) is 14.8 Å². The number of piperazine rings is 1. The maximum atomic E-state index is 11.6. The molecule has 7 nitrogen and oxygen atoms in total. The van der Waals surface area contributed by atoms with E-state index in [1.54, 1.807) is 6.20 Å². The van der Waals surface area contributed by atoms with E-state index in [0.29, 0.717) is 5.82 Å². The molecule has 0 spiro atoms. The molecule has 0 saturated carbocycles. The highest BCUT2D eigenvalue weighted by Gasteiger charge is 2.15. The molecule has 92 valence electrons. The molecule has 1 aliphatic rings. The van der Waals surface area contributed by atoms with Crippen LogP contribution in [0.3, 0.4) is 0 Å². The van der Waals surface area contributed by atoms with Crippen LogP contribution in [-0.2, 0) is 0 Å². The number of nitrogens with one attached hydrogen (secondary N) is 2. The van der Waals surface area contributed by atoms with Crippen molar-refractivity contribution in [2.24, 2.45) is 0 Å². The molecule has 2 amide bonds. The SMILES string of the molecule is CN1CCN(NC(=O)Nc2cnccn2)CC1. The summed E-state index contributed by atoms with van der Waals surface area (Å²) in [6.45, 7) is 3.55. The standard InChI is InChI=1S/C10H16N6O/c1-15-4-6-16(7-5-15)14-10(17)13-9-8-11-2-3-12-9/h2-3,8H,4-7H2,1H3,(H2,12,13,14,17). The van der Waals surface area contributed by atoms with Gasteiger partial charge in [0, 0.05) is 38.6 Å². The number of carbonyl (C=O) groups excluding carboxylic acids is 1. The minimum atomic E-state index is -0.282. The van der Waals surface area contributed by atoms with Gasteiger partial charge in [-0.2, -0.15) is 0 Å². The Morgan fingerprint density at radius 2 is 2.06 bits per heavy atom. The van der Waals surface area contributed by atoms with E-state index >= 15 is 0 Å². The Labute approximate surface area is 99.8 Å². The first-order valence-corrected chi connectivity index (χ1v) is 5.51. The zero-order chi connectivity index (χ0) is 12.1. The Kier molecular flexibility index (Phi) is 3.84. The van der Waals surface area contributed by atoms with E-state index in [-0.39, 0.29) is 6.03 Å². The largest absolute Gasteiger partial charge is 0.334 e. The normalized spacial score (nSPS) is 17.7. The van der Waals surface area contributed by atoms with Crippen LogP contribution in [0.5, 0.6) is 0 Å². The number of hydrogen-bond donors (Lipinski definition) is 2. The number of carbonyl (C=O) groups is 1. The lowest BCUT2D eigenvalue weighted by Gasteiger charge is -2.32. The van der Waals surface area contributed by atoms with Crippen LogP contribution < -0.4 is 10.7 Å². The van der Waals surface area contributed by atoms with E-state index in [9.17, 15) is 4.79 Å². The second-order valence-electron chi connectivity index (χ2n) is 3.95. The molecular weight excluding hydrogens is 220 g/mol. The van der Waals surface area contributed by atoms with Gasteiger partial charge < -0.3 is 4.90 Å². The summed E-state index contributed by atoms with van der Waals surface area (Å²) in [5, 5.41) is 4.52. The van der Waals surface area contributed by atoms with Crippen molar-refractivity contribution in [3.05, 3.63) is 18.6 Å². The minimum absolute atomic E-state index is 0.282. The number of hydrogen-bond acceptors (Lipinski definition) is 5. The quantitative estimate of drug-likeness (QED) is 0.741. The van der Waals surface area contributed by atoms with Crippen molar-refractivity contribution >= 4 is 11.8 Å². The first kappa shape index (κ1) is 11.7. The van der Waals surface area contributed by atoms with Gasteiger partial charge in [-0.1, -0.05) is 0 Å². The summed E-state index contributed by atoms with van der Waals surface area (Å²) in [4.78, 5) is 21.7. The van der Waals surface area contributed by atoms with Crippen LogP contribution in [0.25, 0.3) is 0 Å². The summed E-state index contributed by atoms with van der Waals surface area (Å²) >= 11 is 0. The number of nitrogens with zero attached hydrogens (tertiary/aromatic N) is 4. The van der Waals surface area contributed by atoms with Crippen molar-refractivity contribution in [1.82, 2.24) is 25.3 Å². The molecule has 0 aromatic carbocycles. The third kappa shape index (κ3) is 3.65. The molecule has 7 heteroatoms. The molecule has 0 atom stereocenters. The topological polar surface area (TPSA) is 73.4 Å². The lowest BCUT2D eigenvalue weighted by Crippen LogP contribution is -2.53. The molecule has 0 bridgehead atoms. The predicted octanol–water partition coefficient (Wildman–Crippen LogP) is -0.240. The minimum Gasteiger partial charge on any atom is -0.304 e. The van der Waals surface area contributed by atoms with Gasteiger partial charge in [0.05, 0.1) is 6.20 Å². The lowest BCUT2D eigenvalue weighted by atomic mass is 10.4. The van der Waals surface area contributed by atoms with Crippen molar-refractivity contribution in [3.63, 3.8) is 0 Å². The summed E-state index contributed by atoms with van der Waals surface area (Å²) in [7, 11) is 2.07. The van der Waals surface area contributed by atoms with Crippen LogP contribution in [0.4, 0.5) is 10.6 Å². The molecule has 0 radical (unpaired) electrons. The van der Waals surface area contributed by atoms with Crippen LogP contribution in [0.1, 0.15) is 0 Å². The molecule has 1 aliphatic heterocycles. The fourth-order valence-electron chi connectivity index (χ4n) is 1.57. The fraction of sp³-hybridized carbons (Fsp3) is 0.500. The van der Waals surface area contributed by atoms with Crippen molar-refractivity contribution in [1.29, 1.82) is 0 Å². The van der Waals surface area contributed by atoms with Gasteiger partial charge in [0.25, 0.3) is 0 Å². The van der Waals surface area contributed by atoms with E-state index in [2.05, 4.69) is 32.7 Å².